The number of hydrogen-bond acceptors (Lipinski definition) is 2. The van der Waals surface area contributed by atoms with Gasteiger partial charge in [0.25, 0.3) is 5.91 Å². The third kappa shape index (κ3) is 3.31. The van der Waals surface area contributed by atoms with Gasteiger partial charge in [-0.1, -0.05) is 22.9 Å². The van der Waals surface area contributed by atoms with E-state index in [1.165, 1.54) is 0 Å². The lowest BCUT2D eigenvalue weighted by atomic mass is 9.99. The third-order valence-corrected chi connectivity index (χ3v) is 5.54. The Bertz CT molecular complexity index is 479. The van der Waals surface area contributed by atoms with Gasteiger partial charge in [-0.15, -0.1) is 0 Å². The molecule has 0 spiro atoms. The first-order valence-electron chi connectivity index (χ1n) is 6.29. The van der Waals surface area contributed by atoms with Crippen molar-refractivity contribution in [2.75, 3.05) is 20.2 Å². The summed E-state index contributed by atoms with van der Waals surface area (Å²) in [7, 11) is 1.61. The monoisotopic (exact) mass is 389 g/mol. The summed E-state index contributed by atoms with van der Waals surface area (Å²) < 4.78 is 6.00. The minimum atomic E-state index is 0.0667. The van der Waals surface area contributed by atoms with E-state index < -0.39 is 0 Å². The van der Waals surface area contributed by atoms with Gasteiger partial charge in [0.1, 0.15) is 5.75 Å². The maximum atomic E-state index is 12.6. The van der Waals surface area contributed by atoms with Crippen molar-refractivity contribution in [1.29, 1.82) is 0 Å². The quantitative estimate of drug-likeness (QED) is 0.720. The molecule has 1 heterocycles. The van der Waals surface area contributed by atoms with Crippen molar-refractivity contribution in [3.63, 3.8) is 0 Å². The summed E-state index contributed by atoms with van der Waals surface area (Å²) in [6.07, 6.45) is 0.995. The minimum Gasteiger partial charge on any atom is -0.497 e. The van der Waals surface area contributed by atoms with Gasteiger partial charge in [-0.2, -0.15) is 0 Å². The van der Waals surface area contributed by atoms with Crippen molar-refractivity contribution in [3.8, 4) is 5.75 Å². The molecule has 0 N–H and O–H groups in total. The lowest BCUT2D eigenvalue weighted by molar-refractivity contribution is 0.0689. The van der Waals surface area contributed by atoms with E-state index in [1.54, 1.807) is 13.2 Å². The number of methoxy groups -OCH3 is 1. The largest absolute Gasteiger partial charge is 0.497 e. The summed E-state index contributed by atoms with van der Waals surface area (Å²) in [4.78, 5) is 15.0. The van der Waals surface area contributed by atoms with E-state index in [0.717, 1.165) is 24.0 Å². The lowest BCUT2D eigenvalue weighted by Gasteiger charge is -2.34. The Morgan fingerprint density at radius 3 is 2.84 bits per heavy atom. The van der Waals surface area contributed by atoms with E-state index in [4.69, 9.17) is 4.74 Å². The summed E-state index contributed by atoms with van der Waals surface area (Å²) in [5.74, 6) is 1.24. The number of ether oxygens (including phenoxy) is 1. The SMILES string of the molecule is COc1ccc(Br)c(C(=O)N2CCC(Br)C(C)C2)c1. The van der Waals surface area contributed by atoms with E-state index in [-0.39, 0.29) is 5.91 Å². The highest BCUT2D eigenvalue weighted by molar-refractivity contribution is 9.10. The number of hydrogen-bond donors (Lipinski definition) is 0. The zero-order chi connectivity index (χ0) is 14.0. The number of benzene rings is 1. The summed E-state index contributed by atoms with van der Waals surface area (Å²) in [5.41, 5.74) is 0.666. The highest BCUT2D eigenvalue weighted by atomic mass is 79.9. The van der Waals surface area contributed by atoms with Crippen LogP contribution < -0.4 is 4.74 Å². The normalized spacial score (nSPS) is 23.3. The fourth-order valence-corrected chi connectivity index (χ4v) is 3.06. The molecule has 1 saturated heterocycles. The molecule has 1 fully saturated rings. The maximum Gasteiger partial charge on any atom is 0.255 e. The van der Waals surface area contributed by atoms with Gasteiger partial charge in [0, 0.05) is 22.4 Å². The van der Waals surface area contributed by atoms with Crippen LogP contribution in [0.5, 0.6) is 5.75 Å². The van der Waals surface area contributed by atoms with Gasteiger partial charge in [0.15, 0.2) is 0 Å². The van der Waals surface area contributed by atoms with Crippen molar-refractivity contribution in [2.45, 2.75) is 18.2 Å². The van der Waals surface area contributed by atoms with Crippen LogP contribution in [0.4, 0.5) is 0 Å². The second-order valence-electron chi connectivity index (χ2n) is 4.88. The Kier molecular flexibility index (Phi) is 4.90. The summed E-state index contributed by atoms with van der Waals surface area (Å²) in [6.45, 7) is 3.75. The standard InChI is InChI=1S/C14H17Br2NO2/c1-9-8-17(6-5-12(9)15)14(18)11-7-10(19-2)3-4-13(11)16/h3-4,7,9,12H,5-6,8H2,1-2H3. The van der Waals surface area contributed by atoms with Crippen LogP contribution in [0.2, 0.25) is 0 Å². The number of halogens is 2. The smallest absolute Gasteiger partial charge is 0.255 e. The molecular formula is C14H17Br2NO2. The molecule has 2 atom stereocenters. The van der Waals surface area contributed by atoms with Crippen LogP contribution in [0.25, 0.3) is 0 Å². The van der Waals surface area contributed by atoms with Gasteiger partial charge in [0.2, 0.25) is 0 Å². The van der Waals surface area contributed by atoms with Gasteiger partial charge in [-0.05, 0) is 46.5 Å². The van der Waals surface area contributed by atoms with Crippen molar-refractivity contribution in [1.82, 2.24) is 4.90 Å². The van der Waals surface area contributed by atoms with Crippen molar-refractivity contribution in [2.24, 2.45) is 5.92 Å². The molecule has 0 aliphatic carbocycles. The van der Waals surface area contributed by atoms with Gasteiger partial charge in [-0.25, -0.2) is 0 Å². The highest BCUT2D eigenvalue weighted by Crippen LogP contribution is 2.28. The Labute approximate surface area is 130 Å². The van der Waals surface area contributed by atoms with Crippen LogP contribution >= 0.6 is 31.9 Å². The average Bonchev–Trinajstić information content (AvgIpc) is 2.41. The molecule has 0 radical (unpaired) electrons. The topological polar surface area (TPSA) is 29.5 Å². The number of nitrogens with zero attached hydrogens (tertiary/aromatic N) is 1. The van der Waals surface area contributed by atoms with E-state index in [1.807, 2.05) is 17.0 Å². The van der Waals surface area contributed by atoms with E-state index in [2.05, 4.69) is 38.8 Å². The first-order valence-corrected chi connectivity index (χ1v) is 8.00. The molecule has 1 aliphatic rings. The summed E-state index contributed by atoms with van der Waals surface area (Å²) in [6, 6.07) is 5.48. The predicted molar refractivity (Wildman–Crippen MR) is 83.1 cm³/mol. The third-order valence-electron chi connectivity index (χ3n) is 3.49. The van der Waals surface area contributed by atoms with Crippen LogP contribution in [-0.4, -0.2) is 35.8 Å². The number of amides is 1. The molecule has 1 aliphatic heterocycles. The maximum absolute atomic E-state index is 12.6. The zero-order valence-electron chi connectivity index (χ0n) is 11.0. The Morgan fingerprint density at radius 2 is 2.21 bits per heavy atom. The molecule has 5 heteroatoms. The molecule has 2 rings (SSSR count). The molecule has 2 unspecified atom stereocenters. The van der Waals surface area contributed by atoms with E-state index >= 15 is 0 Å². The van der Waals surface area contributed by atoms with Gasteiger partial charge >= 0.3 is 0 Å². The fourth-order valence-electron chi connectivity index (χ4n) is 2.27. The fraction of sp³-hybridized carbons (Fsp3) is 0.500. The van der Waals surface area contributed by atoms with Crippen LogP contribution in [0.1, 0.15) is 23.7 Å². The van der Waals surface area contributed by atoms with Crippen molar-refractivity contribution < 1.29 is 9.53 Å². The molecule has 0 saturated carbocycles. The van der Waals surface area contributed by atoms with Gasteiger partial charge in [-0.3, -0.25) is 4.79 Å². The minimum absolute atomic E-state index is 0.0667. The number of rotatable bonds is 2. The first-order chi connectivity index (χ1) is 9.02. The predicted octanol–water partition coefficient (Wildman–Crippen LogP) is 3.70. The molecule has 104 valence electrons. The van der Waals surface area contributed by atoms with Crippen LogP contribution in [0.15, 0.2) is 22.7 Å². The number of carbonyl (C=O) groups excluding carboxylic acids is 1. The zero-order valence-corrected chi connectivity index (χ0v) is 14.2. The van der Waals surface area contributed by atoms with Crippen LogP contribution in [0.3, 0.4) is 0 Å². The molecule has 19 heavy (non-hydrogen) atoms. The summed E-state index contributed by atoms with van der Waals surface area (Å²) >= 11 is 7.10. The highest BCUT2D eigenvalue weighted by Gasteiger charge is 2.28. The number of alkyl halides is 1. The van der Waals surface area contributed by atoms with Gasteiger partial charge in [0.05, 0.1) is 12.7 Å². The molecular weight excluding hydrogens is 374 g/mol. The average molecular weight is 391 g/mol. The number of carbonyl (C=O) groups is 1. The van der Waals surface area contributed by atoms with Crippen molar-refractivity contribution in [3.05, 3.63) is 28.2 Å². The van der Waals surface area contributed by atoms with Crippen molar-refractivity contribution >= 4 is 37.8 Å². The van der Waals surface area contributed by atoms with E-state index in [0.29, 0.717) is 22.1 Å². The lowest BCUT2D eigenvalue weighted by Crippen LogP contribution is -2.43. The summed E-state index contributed by atoms with van der Waals surface area (Å²) in [5, 5.41) is 0. The molecule has 0 aromatic heterocycles. The van der Waals surface area contributed by atoms with Crippen LogP contribution in [-0.2, 0) is 0 Å². The molecule has 1 aromatic carbocycles. The second kappa shape index (κ2) is 6.27. The second-order valence-corrected chi connectivity index (χ2v) is 6.91. The first kappa shape index (κ1) is 14.9. The Balaban J connectivity index is 2.20. The Morgan fingerprint density at radius 1 is 1.47 bits per heavy atom. The Hall–Kier alpha value is -0.550. The van der Waals surface area contributed by atoms with E-state index in [9.17, 15) is 4.79 Å². The molecule has 0 bridgehead atoms. The molecule has 3 nitrogen and oxygen atoms in total. The van der Waals surface area contributed by atoms with Crippen LogP contribution in [0, 0.1) is 5.92 Å². The molecule has 1 amide bonds. The molecule has 1 aromatic rings. The number of likely N-dealkylation sites (tertiary alicyclic amines) is 1. The number of piperidine rings is 1. The van der Waals surface area contributed by atoms with Gasteiger partial charge < -0.3 is 9.64 Å².